The minimum absolute atomic E-state index is 0.262. The second-order valence-corrected chi connectivity index (χ2v) is 6.89. The largest absolute Gasteiger partial charge is 0.465 e. The summed E-state index contributed by atoms with van der Waals surface area (Å²) in [6.07, 6.45) is 1.67. The van der Waals surface area contributed by atoms with Gasteiger partial charge in [0, 0.05) is 10.0 Å². The van der Waals surface area contributed by atoms with Crippen LogP contribution in [0.5, 0.6) is 0 Å². The zero-order valence-corrected chi connectivity index (χ0v) is 16.5. The number of carbonyl (C=O) groups is 1. The Morgan fingerprint density at radius 3 is 2.59 bits per heavy atom. The van der Waals surface area contributed by atoms with Crippen molar-refractivity contribution in [2.24, 2.45) is 0 Å². The molecule has 1 aromatic heterocycles. The Balaban J connectivity index is 1.94. The molecule has 1 heterocycles. The van der Waals surface area contributed by atoms with Crippen molar-refractivity contribution in [3.05, 3.63) is 81.0 Å². The summed E-state index contributed by atoms with van der Waals surface area (Å²) in [5, 5.41) is 9.76. The Labute approximate surface area is 169 Å². The summed E-state index contributed by atoms with van der Waals surface area (Å²) in [5.41, 5.74) is 2.22. The lowest BCUT2D eigenvalue weighted by Crippen LogP contribution is -2.02. The van der Waals surface area contributed by atoms with Gasteiger partial charge >= 0.3 is 5.97 Å². The third kappa shape index (κ3) is 4.30. The van der Waals surface area contributed by atoms with Crippen LogP contribution < -0.4 is 0 Å². The van der Waals surface area contributed by atoms with Crippen molar-refractivity contribution in [1.29, 1.82) is 5.26 Å². The van der Waals surface area contributed by atoms with Gasteiger partial charge in [-0.05, 0) is 54.1 Å². The number of nitrogens with zero attached hydrogens (tertiary/aromatic N) is 1. The SMILES string of the molecule is COC(=O)c1cc(-c2ccc(C=C(C#N)c3ccc(Br)cc3)o2)ccc1Cl. The molecule has 0 atom stereocenters. The molecule has 0 unspecified atom stereocenters. The maximum absolute atomic E-state index is 11.8. The normalized spacial score (nSPS) is 11.1. The van der Waals surface area contributed by atoms with Crippen molar-refractivity contribution < 1.29 is 13.9 Å². The fourth-order valence-corrected chi connectivity index (χ4v) is 2.94. The highest BCUT2D eigenvalue weighted by Gasteiger charge is 2.14. The molecule has 6 heteroatoms. The van der Waals surface area contributed by atoms with Gasteiger partial charge in [-0.25, -0.2) is 4.79 Å². The predicted octanol–water partition coefficient (Wildman–Crippen LogP) is 6.21. The monoisotopic (exact) mass is 441 g/mol. The number of nitriles is 1. The molecule has 0 fully saturated rings. The number of furan rings is 1. The van der Waals surface area contributed by atoms with Crippen LogP contribution in [0.15, 0.2) is 63.5 Å². The first-order valence-electron chi connectivity index (χ1n) is 7.87. The maximum atomic E-state index is 11.8. The molecule has 4 nitrogen and oxygen atoms in total. The topological polar surface area (TPSA) is 63.2 Å². The Bertz CT molecular complexity index is 1060. The molecular weight excluding hydrogens is 430 g/mol. The van der Waals surface area contributed by atoms with Gasteiger partial charge in [0.05, 0.1) is 29.3 Å². The van der Waals surface area contributed by atoms with Gasteiger partial charge in [-0.2, -0.15) is 5.26 Å². The molecule has 0 N–H and O–H groups in total. The van der Waals surface area contributed by atoms with Gasteiger partial charge in [0.1, 0.15) is 11.5 Å². The number of hydrogen-bond acceptors (Lipinski definition) is 4. The standard InChI is InChI=1S/C21H13BrClNO3/c1-26-21(25)18-11-14(4-8-19(18)23)20-9-7-17(27-20)10-15(12-24)13-2-5-16(22)6-3-13/h2-11H,1H3. The van der Waals surface area contributed by atoms with Crippen LogP contribution in [-0.2, 0) is 4.74 Å². The predicted molar refractivity (Wildman–Crippen MR) is 108 cm³/mol. The van der Waals surface area contributed by atoms with Crippen LogP contribution in [0.2, 0.25) is 5.02 Å². The van der Waals surface area contributed by atoms with Crippen molar-refractivity contribution >= 4 is 45.1 Å². The van der Waals surface area contributed by atoms with Gasteiger partial charge < -0.3 is 9.15 Å². The van der Waals surface area contributed by atoms with Gasteiger partial charge in [-0.3, -0.25) is 0 Å². The maximum Gasteiger partial charge on any atom is 0.339 e. The van der Waals surface area contributed by atoms with E-state index in [0.717, 1.165) is 10.0 Å². The third-order valence-corrected chi connectivity index (χ3v) is 4.70. The number of allylic oxidation sites excluding steroid dienone is 1. The van der Waals surface area contributed by atoms with E-state index in [4.69, 9.17) is 20.8 Å². The number of ether oxygens (including phenoxy) is 1. The molecule has 134 valence electrons. The fraction of sp³-hybridized carbons (Fsp3) is 0.0476. The third-order valence-electron chi connectivity index (χ3n) is 3.85. The van der Waals surface area contributed by atoms with Crippen molar-refractivity contribution in [1.82, 2.24) is 0 Å². The summed E-state index contributed by atoms with van der Waals surface area (Å²) >= 11 is 9.42. The lowest BCUT2D eigenvalue weighted by molar-refractivity contribution is 0.0601. The lowest BCUT2D eigenvalue weighted by atomic mass is 10.1. The molecule has 0 aliphatic rings. The second-order valence-electron chi connectivity index (χ2n) is 5.56. The Hall–Kier alpha value is -2.81. The van der Waals surface area contributed by atoms with Crippen LogP contribution in [0.25, 0.3) is 23.0 Å². The molecule has 0 aliphatic heterocycles. The van der Waals surface area contributed by atoms with E-state index in [1.807, 2.05) is 24.3 Å². The van der Waals surface area contributed by atoms with Crippen LogP contribution in [0.3, 0.4) is 0 Å². The van der Waals surface area contributed by atoms with Crippen LogP contribution in [0.1, 0.15) is 21.7 Å². The first kappa shape index (κ1) is 19.0. The number of halogens is 2. The summed E-state index contributed by atoms with van der Waals surface area (Å²) in [6, 6.07) is 18.1. The molecule has 0 aliphatic carbocycles. The molecule has 27 heavy (non-hydrogen) atoms. The summed E-state index contributed by atoms with van der Waals surface area (Å²) in [5.74, 6) is 0.561. The minimum Gasteiger partial charge on any atom is -0.465 e. The number of benzene rings is 2. The highest BCUT2D eigenvalue weighted by Crippen LogP contribution is 2.29. The van der Waals surface area contributed by atoms with Crippen LogP contribution >= 0.6 is 27.5 Å². The van der Waals surface area contributed by atoms with Crippen LogP contribution in [0, 0.1) is 11.3 Å². The van der Waals surface area contributed by atoms with E-state index in [-0.39, 0.29) is 5.56 Å². The molecule has 0 amide bonds. The highest BCUT2D eigenvalue weighted by atomic mass is 79.9. The fourth-order valence-electron chi connectivity index (χ4n) is 2.48. The van der Waals surface area contributed by atoms with E-state index in [1.165, 1.54) is 7.11 Å². The number of hydrogen-bond donors (Lipinski definition) is 0. The lowest BCUT2D eigenvalue weighted by Gasteiger charge is -2.04. The summed E-state index contributed by atoms with van der Waals surface area (Å²) in [4.78, 5) is 11.8. The molecule has 3 rings (SSSR count). The van der Waals surface area contributed by atoms with Crippen molar-refractivity contribution in [2.75, 3.05) is 7.11 Å². The molecule has 0 saturated heterocycles. The van der Waals surface area contributed by atoms with Crippen molar-refractivity contribution in [3.8, 4) is 17.4 Å². The van der Waals surface area contributed by atoms with E-state index >= 15 is 0 Å². The van der Waals surface area contributed by atoms with Gasteiger partial charge in [0.15, 0.2) is 0 Å². The Morgan fingerprint density at radius 1 is 1.19 bits per heavy atom. The summed E-state index contributed by atoms with van der Waals surface area (Å²) < 4.78 is 11.5. The average Bonchev–Trinajstić information content (AvgIpc) is 3.15. The van der Waals surface area contributed by atoms with Gasteiger partial charge in [-0.1, -0.05) is 39.7 Å². The van der Waals surface area contributed by atoms with Crippen LogP contribution in [0.4, 0.5) is 0 Å². The minimum atomic E-state index is -0.518. The van der Waals surface area contributed by atoms with Crippen molar-refractivity contribution in [3.63, 3.8) is 0 Å². The molecular formula is C21H13BrClNO3. The van der Waals surface area contributed by atoms with E-state index in [0.29, 0.717) is 27.7 Å². The summed E-state index contributed by atoms with van der Waals surface area (Å²) in [7, 11) is 1.30. The van der Waals surface area contributed by atoms with E-state index < -0.39 is 5.97 Å². The summed E-state index contributed by atoms with van der Waals surface area (Å²) in [6.45, 7) is 0. The smallest absolute Gasteiger partial charge is 0.339 e. The Morgan fingerprint density at radius 2 is 1.93 bits per heavy atom. The van der Waals surface area contributed by atoms with E-state index in [9.17, 15) is 10.1 Å². The van der Waals surface area contributed by atoms with Gasteiger partial charge in [0.2, 0.25) is 0 Å². The molecule has 3 aromatic rings. The molecule has 0 spiro atoms. The molecule has 2 aromatic carbocycles. The zero-order chi connectivity index (χ0) is 19.4. The van der Waals surface area contributed by atoms with Crippen LogP contribution in [-0.4, -0.2) is 13.1 Å². The van der Waals surface area contributed by atoms with Gasteiger partial charge in [-0.15, -0.1) is 0 Å². The molecule has 0 saturated carbocycles. The first-order valence-corrected chi connectivity index (χ1v) is 9.04. The average molecular weight is 443 g/mol. The van der Waals surface area contributed by atoms with Crippen molar-refractivity contribution in [2.45, 2.75) is 0 Å². The zero-order valence-electron chi connectivity index (χ0n) is 14.2. The first-order chi connectivity index (χ1) is 13.0. The molecule has 0 bridgehead atoms. The number of carbonyl (C=O) groups excluding carboxylic acids is 1. The highest BCUT2D eigenvalue weighted by molar-refractivity contribution is 9.10. The van der Waals surface area contributed by atoms with E-state index in [1.54, 1.807) is 36.4 Å². The van der Waals surface area contributed by atoms with Gasteiger partial charge in [0.25, 0.3) is 0 Å². The quantitative estimate of drug-likeness (QED) is 0.356. The van der Waals surface area contributed by atoms with E-state index in [2.05, 4.69) is 22.0 Å². The Kier molecular flexibility index (Phi) is 5.80. The second kappa shape index (κ2) is 8.26. The molecule has 0 radical (unpaired) electrons. The number of rotatable bonds is 4. The number of esters is 1. The number of methoxy groups -OCH3 is 1.